The molecule has 0 radical (unpaired) electrons. The Labute approximate surface area is 256 Å². The minimum Gasteiger partial charge on any atom is -0.341 e. The molecule has 2 amide bonds. The predicted molar refractivity (Wildman–Crippen MR) is 162 cm³/mol. The topological polar surface area (TPSA) is 121 Å². The van der Waals surface area contributed by atoms with Gasteiger partial charge in [0.25, 0.3) is 15.9 Å². The van der Waals surface area contributed by atoms with Crippen LogP contribution in [0.4, 0.5) is 5.69 Å². The molecule has 1 aromatic heterocycles. The van der Waals surface area contributed by atoms with Crippen molar-refractivity contribution < 1.29 is 18.0 Å². The van der Waals surface area contributed by atoms with Gasteiger partial charge in [-0.15, -0.1) is 0 Å². The molecule has 2 heterocycles. The van der Waals surface area contributed by atoms with Crippen molar-refractivity contribution in [3.8, 4) is 0 Å². The summed E-state index contributed by atoms with van der Waals surface area (Å²) in [4.78, 5) is 28.9. The van der Waals surface area contributed by atoms with E-state index in [-0.39, 0.29) is 39.0 Å². The van der Waals surface area contributed by atoms with Crippen LogP contribution in [0.25, 0.3) is 11.0 Å². The zero-order chi connectivity index (χ0) is 29.1. The number of aromatic nitrogens is 2. The number of rotatable bonds is 8. The van der Waals surface area contributed by atoms with Gasteiger partial charge in [-0.1, -0.05) is 46.9 Å². The van der Waals surface area contributed by atoms with E-state index in [1.165, 1.54) is 24.3 Å². The standard InChI is InChI=1S/C27H24Cl3N5O4S2/c28-17-8-9-18(22(15-17)34-41(38,39)24-6-4-5-21-25(24)33-40-32-21)26(36)31-23(27(37)35-11-2-1-3-12-35)14-16-7-10-19(29)20(30)13-16/h4-10,13,15,23,34H,1-3,11-12,14H2,(H,31,36)/t23-/m0/s1. The molecular formula is C27H24Cl3N5O4S2. The maximum absolute atomic E-state index is 13.7. The number of hydrogen-bond acceptors (Lipinski definition) is 7. The lowest BCUT2D eigenvalue weighted by molar-refractivity contribution is -0.134. The maximum atomic E-state index is 13.7. The predicted octanol–water partition coefficient (Wildman–Crippen LogP) is 5.81. The van der Waals surface area contributed by atoms with Gasteiger partial charge >= 0.3 is 0 Å². The summed E-state index contributed by atoms with van der Waals surface area (Å²) in [6.07, 6.45) is 2.95. The second-order valence-corrected chi connectivity index (χ2v) is 13.0. The number of benzene rings is 3. The molecule has 0 aliphatic carbocycles. The van der Waals surface area contributed by atoms with Gasteiger partial charge in [0, 0.05) is 24.5 Å². The van der Waals surface area contributed by atoms with Crippen molar-refractivity contribution in [3.63, 3.8) is 0 Å². The second-order valence-electron chi connectivity index (χ2n) is 9.55. The SMILES string of the molecule is O=C(N[C@@H](Cc1ccc(Cl)c(Cl)c1)C(=O)N1CCCCC1)c1ccc(Cl)cc1NS(=O)(=O)c1cccc2nsnc12. The fraction of sp³-hybridized carbons (Fsp3) is 0.259. The van der Waals surface area contributed by atoms with E-state index in [9.17, 15) is 18.0 Å². The van der Waals surface area contributed by atoms with Gasteiger partial charge in [0.1, 0.15) is 22.0 Å². The number of carbonyl (C=O) groups is 2. The Morgan fingerprint density at radius 1 is 0.951 bits per heavy atom. The molecule has 14 heteroatoms. The quantitative estimate of drug-likeness (QED) is 0.248. The molecule has 0 unspecified atom stereocenters. The number of anilines is 1. The summed E-state index contributed by atoms with van der Waals surface area (Å²) in [6, 6.07) is 12.9. The van der Waals surface area contributed by atoms with Crippen molar-refractivity contribution in [2.45, 2.75) is 36.6 Å². The Morgan fingerprint density at radius 3 is 2.49 bits per heavy atom. The molecule has 9 nitrogen and oxygen atoms in total. The third-order valence-corrected chi connectivity index (χ3v) is 9.62. The van der Waals surface area contributed by atoms with Gasteiger partial charge in [-0.2, -0.15) is 8.75 Å². The summed E-state index contributed by atoms with van der Waals surface area (Å²) in [6.45, 7) is 1.19. The van der Waals surface area contributed by atoms with E-state index in [2.05, 4.69) is 18.8 Å². The molecule has 5 rings (SSSR count). The van der Waals surface area contributed by atoms with E-state index >= 15 is 0 Å². The van der Waals surface area contributed by atoms with Crippen LogP contribution in [0, 0.1) is 0 Å². The van der Waals surface area contributed by atoms with Gasteiger partial charge in [-0.05, 0) is 67.3 Å². The molecule has 3 aromatic carbocycles. The lowest BCUT2D eigenvalue weighted by atomic mass is 10.0. The van der Waals surface area contributed by atoms with Crippen LogP contribution in [0.15, 0.2) is 59.5 Å². The Hall–Kier alpha value is -2.96. The van der Waals surface area contributed by atoms with Crippen LogP contribution in [0.1, 0.15) is 35.2 Å². The Morgan fingerprint density at radius 2 is 1.73 bits per heavy atom. The van der Waals surface area contributed by atoms with Crippen LogP contribution >= 0.6 is 46.5 Å². The van der Waals surface area contributed by atoms with E-state index in [0.717, 1.165) is 31.0 Å². The highest BCUT2D eigenvalue weighted by Gasteiger charge is 2.29. The number of piperidine rings is 1. The number of nitrogens with zero attached hydrogens (tertiary/aromatic N) is 3. The third-order valence-electron chi connectivity index (χ3n) is 6.70. The molecule has 1 fully saturated rings. The van der Waals surface area contributed by atoms with E-state index in [1.54, 1.807) is 35.2 Å². The van der Waals surface area contributed by atoms with Gasteiger partial charge in [-0.25, -0.2) is 8.42 Å². The summed E-state index contributed by atoms with van der Waals surface area (Å²) >= 11 is 19.4. The van der Waals surface area contributed by atoms with Crippen LogP contribution in [-0.2, 0) is 21.2 Å². The average molecular weight is 653 g/mol. The Kier molecular flexibility index (Phi) is 9.00. The summed E-state index contributed by atoms with van der Waals surface area (Å²) in [7, 11) is -4.19. The number of sulfonamides is 1. The number of hydrogen-bond donors (Lipinski definition) is 2. The molecule has 2 N–H and O–H groups in total. The molecule has 1 atom stereocenters. The van der Waals surface area contributed by atoms with Crippen molar-refractivity contribution in [1.29, 1.82) is 0 Å². The van der Waals surface area contributed by atoms with Crippen molar-refractivity contribution >= 4 is 85.1 Å². The molecular weight excluding hydrogens is 629 g/mol. The van der Waals surface area contributed by atoms with Crippen molar-refractivity contribution in [1.82, 2.24) is 19.0 Å². The third kappa shape index (κ3) is 6.76. The van der Waals surface area contributed by atoms with Gasteiger partial charge in [-0.3, -0.25) is 14.3 Å². The van der Waals surface area contributed by atoms with Crippen LogP contribution in [0.5, 0.6) is 0 Å². The minimum absolute atomic E-state index is 0.00728. The van der Waals surface area contributed by atoms with Crippen LogP contribution in [-0.4, -0.2) is 53.0 Å². The van der Waals surface area contributed by atoms with Crippen molar-refractivity contribution in [3.05, 3.63) is 80.8 Å². The molecule has 1 aliphatic rings. The first-order valence-electron chi connectivity index (χ1n) is 12.7. The van der Waals surface area contributed by atoms with Gasteiger partial charge < -0.3 is 10.2 Å². The summed E-state index contributed by atoms with van der Waals surface area (Å²) in [5.41, 5.74) is 1.30. The van der Waals surface area contributed by atoms with E-state index in [4.69, 9.17) is 34.8 Å². The Balaban J connectivity index is 1.45. The molecule has 41 heavy (non-hydrogen) atoms. The fourth-order valence-electron chi connectivity index (χ4n) is 4.67. The average Bonchev–Trinajstić information content (AvgIpc) is 3.43. The molecule has 1 aliphatic heterocycles. The number of halogens is 3. The zero-order valence-electron chi connectivity index (χ0n) is 21.4. The summed E-state index contributed by atoms with van der Waals surface area (Å²) < 4.78 is 37.5. The maximum Gasteiger partial charge on any atom is 0.264 e. The molecule has 214 valence electrons. The summed E-state index contributed by atoms with van der Waals surface area (Å²) in [5, 5.41) is 3.74. The second kappa shape index (κ2) is 12.5. The van der Waals surface area contributed by atoms with Gasteiger partial charge in [0.15, 0.2) is 0 Å². The molecule has 1 saturated heterocycles. The summed E-state index contributed by atoms with van der Waals surface area (Å²) in [5.74, 6) is -0.883. The molecule has 0 bridgehead atoms. The lowest BCUT2D eigenvalue weighted by Crippen LogP contribution is -2.51. The molecule has 0 spiro atoms. The number of likely N-dealkylation sites (tertiary alicyclic amines) is 1. The number of fused-ring (bicyclic) bond motifs is 1. The fourth-order valence-corrected chi connectivity index (χ4v) is 7.00. The van der Waals surface area contributed by atoms with Crippen LogP contribution in [0.3, 0.4) is 0 Å². The lowest BCUT2D eigenvalue weighted by Gasteiger charge is -2.31. The van der Waals surface area contributed by atoms with Gasteiger partial charge in [0.05, 0.1) is 33.0 Å². The molecule has 4 aromatic rings. The smallest absolute Gasteiger partial charge is 0.264 e. The van der Waals surface area contributed by atoms with Crippen LogP contribution in [0.2, 0.25) is 15.1 Å². The number of carbonyl (C=O) groups excluding carboxylic acids is 2. The first-order valence-corrected chi connectivity index (χ1v) is 16.0. The van der Waals surface area contributed by atoms with Crippen molar-refractivity contribution in [2.75, 3.05) is 17.8 Å². The van der Waals surface area contributed by atoms with Gasteiger partial charge in [0.2, 0.25) is 5.91 Å². The number of amides is 2. The molecule has 0 saturated carbocycles. The highest BCUT2D eigenvalue weighted by Crippen LogP contribution is 2.28. The van der Waals surface area contributed by atoms with Crippen molar-refractivity contribution in [2.24, 2.45) is 0 Å². The normalized spacial score (nSPS) is 14.6. The van der Waals surface area contributed by atoms with E-state index < -0.39 is 22.0 Å². The minimum atomic E-state index is -4.19. The van der Waals surface area contributed by atoms with E-state index in [0.29, 0.717) is 34.2 Å². The first-order chi connectivity index (χ1) is 19.6. The largest absolute Gasteiger partial charge is 0.341 e. The Bertz CT molecular complexity index is 1730. The van der Waals surface area contributed by atoms with Crippen LogP contribution < -0.4 is 10.0 Å². The monoisotopic (exact) mass is 651 g/mol. The highest BCUT2D eigenvalue weighted by molar-refractivity contribution is 7.93. The number of nitrogens with one attached hydrogen (secondary N) is 2. The zero-order valence-corrected chi connectivity index (χ0v) is 25.3. The van der Waals surface area contributed by atoms with E-state index in [1.807, 2.05) is 0 Å². The first kappa shape index (κ1) is 29.5. The highest BCUT2D eigenvalue weighted by atomic mass is 35.5.